The van der Waals surface area contributed by atoms with Gasteiger partial charge in [0, 0.05) is 22.7 Å². The Kier molecular flexibility index (Phi) is 3.93. The standard InChI is InChI=1S/C17H14ClFN4O2/c18-9-1-4-15-14(7-9)23-17(25-15)21-10-2-3-12(19)11(8-10)13-5-6-24-16(20)22-13/h1-4,7-8,13H,5-6H2,(H2,20,22)(H,21,23). The first-order chi connectivity index (χ1) is 12.1. The summed E-state index contributed by atoms with van der Waals surface area (Å²) >= 11 is 5.95. The maximum Gasteiger partial charge on any atom is 0.300 e. The normalized spacial score (nSPS) is 17.2. The van der Waals surface area contributed by atoms with E-state index >= 15 is 0 Å². The van der Waals surface area contributed by atoms with Crippen molar-refractivity contribution < 1.29 is 13.5 Å². The molecule has 0 fully saturated rings. The highest BCUT2D eigenvalue weighted by atomic mass is 35.5. The summed E-state index contributed by atoms with van der Waals surface area (Å²) < 4.78 is 24.9. The SMILES string of the molecule is NC1=NC(c2cc(Nc3nc4cc(Cl)ccc4o3)ccc2F)CCO1. The molecule has 2 heterocycles. The van der Waals surface area contributed by atoms with Crippen LogP contribution in [-0.2, 0) is 4.74 Å². The number of fused-ring (bicyclic) bond motifs is 1. The summed E-state index contributed by atoms with van der Waals surface area (Å²) in [5, 5.41) is 3.61. The lowest BCUT2D eigenvalue weighted by Crippen LogP contribution is -2.24. The van der Waals surface area contributed by atoms with E-state index in [1.165, 1.54) is 6.07 Å². The molecule has 0 radical (unpaired) electrons. The second kappa shape index (κ2) is 6.25. The minimum Gasteiger partial charge on any atom is -0.465 e. The first-order valence-electron chi connectivity index (χ1n) is 7.67. The second-order valence-electron chi connectivity index (χ2n) is 5.61. The molecule has 2 aromatic carbocycles. The predicted octanol–water partition coefficient (Wildman–Crippen LogP) is 4.14. The zero-order chi connectivity index (χ0) is 17.4. The molecule has 128 valence electrons. The van der Waals surface area contributed by atoms with Crippen molar-refractivity contribution in [3.05, 3.63) is 52.8 Å². The van der Waals surface area contributed by atoms with Gasteiger partial charge in [0.15, 0.2) is 5.58 Å². The van der Waals surface area contributed by atoms with Crippen LogP contribution in [0.25, 0.3) is 11.1 Å². The van der Waals surface area contributed by atoms with Crippen LogP contribution >= 0.6 is 11.6 Å². The molecule has 25 heavy (non-hydrogen) atoms. The summed E-state index contributed by atoms with van der Waals surface area (Å²) in [6.45, 7) is 0.406. The Labute approximate surface area is 147 Å². The van der Waals surface area contributed by atoms with Crippen LogP contribution in [0.15, 0.2) is 45.8 Å². The van der Waals surface area contributed by atoms with Crippen LogP contribution in [0.2, 0.25) is 5.02 Å². The topological polar surface area (TPSA) is 85.7 Å². The highest BCUT2D eigenvalue weighted by Crippen LogP contribution is 2.30. The van der Waals surface area contributed by atoms with Gasteiger partial charge in [0.25, 0.3) is 12.0 Å². The summed E-state index contributed by atoms with van der Waals surface area (Å²) in [4.78, 5) is 8.48. The minimum atomic E-state index is -0.377. The lowest BCUT2D eigenvalue weighted by atomic mass is 10.0. The lowest BCUT2D eigenvalue weighted by Gasteiger charge is -2.20. The van der Waals surface area contributed by atoms with E-state index in [1.807, 2.05) is 0 Å². The molecule has 3 N–H and O–H groups in total. The molecule has 0 bridgehead atoms. The number of rotatable bonds is 3. The van der Waals surface area contributed by atoms with E-state index in [0.717, 1.165) is 0 Å². The van der Waals surface area contributed by atoms with Gasteiger partial charge in [-0.1, -0.05) is 11.6 Å². The van der Waals surface area contributed by atoms with Crippen molar-refractivity contribution in [1.29, 1.82) is 0 Å². The molecule has 0 aliphatic carbocycles. The van der Waals surface area contributed by atoms with Crippen LogP contribution in [0.1, 0.15) is 18.0 Å². The van der Waals surface area contributed by atoms with Crippen LogP contribution in [0.5, 0.6) is 0 Å². The molecular weight excluding hydrogens is 347 g/mol. The Morgan fingerprint density at radius 2 is 2.12 bits per heavy atom. The molecule has 1 aromatic heterocycles. The van der Waals surface area contributed by atoms with Gasteiger partial charge in [-0.2, -0.15) is 4.98 Å². The summed E-state index contributed by atoms with van der Waals surface area (Å²) in [5.41, 5.74) is 7.90. The number of nitrogens with zero attached hydrogens (tertiary/aromatic N) is 2. The molecule has 3 aromatic rings. The fourth-order valence-corrected chi connectivity index (χ4v) is 2.88. The first-order valence-corrected chi connectivity index (χ1v) is 8.05. The third-order valence-corrected chi connectivity index (χ3v) is 4.12. The summed E-state index contributed by atoms with van der Waals surface area (Å²) in [7, 11) is 0. The quantitative estimate of drug-likeness (QED) is 0.733. The number of nitrogens with one attached hydrogen (secondary N) is 1. The number of nitrogens with two attached hydrogens (primary N) is 1. The Morgan fingerprint density at radius 3 is 2.96 bits per heavy atom. The number of amidine groups is 1. The van der Waals surface area contributed by atoms with Gasteiger partial charge < -0.3 is 20.2 Å². The van der Waals surface area contributed by atoms with Crippen molar-refractivity contribution >= 4 is 40.4 Å². The molecule has 0 amide bonds. The fourth-order valence-electron chi connectivity index (χ4n) is 2.71. The molecule has 4 rings (SSSR count). The predicted molar refractivity (Wildman–Crippen MR) is 93.6 cm³/mol. The fraction of sp³-hybridized carbons (Fsp3) is 0.176. The van der Waals surface area contributed by atoms with E-state index in [1.54, 1.807) is 30.3 Å². The summed E-state index contributed by atoms with van der Waals surface area (Å²) in [6.07, 6.45) is 0.558. The number of oxazole rings is 1. The van der Waals surface area contributed by atoms with Gasteiger partial charge in [0.05, 0.1) is 12.6 Å². The average molecular weight is 361 g/mol. The summed E-state index contributed by atoms with van der Waals surface area (Å²) in [5.74, 6) is -0.349. The van der Waals surface area contributed by atoms with Gasteiger partial charge in [-0.15, -0.1) is 0 Å². The first kappa shape index (κ1) is 15.7. The van der Waals surface area contributed by atoms with Gasteiger partial charge in [-0.3, -0.25) is 0 Å². The average Bonchev–Trinajstić information content (AvgIpc) is 2.98. The highest BCUT2D eigenvalue weighted by Gasteiger charge is 2.20. The zero-order valence-electron chi connectivity index (χ0n) is 13.0. The smallest absolute Gasteiger partial charge is 0.300 e. The van der Waals surface area contributed by atoms with E-state index in [2.05, 4.69) is 15.3 Å². The van der Waals surface area contributed by atoms with E-state index < -0.39 is 0 Å². The highest BCUT2D eigenvalue weighted by molar-refractivity contribution is 6.31. The number of benzene rings is 2. The van der Waals surface area contributed by atoms with Crippen LogP contribution in [0.4, 0.5) is 16.1 Å². The van der Waals surface area contributed by atoms with Gasteiger partial charge in [0.2, 0.25) is 0 Å². The number of hydrogen-bond donors (Lipinski definition) is 2. The molecule has 1 aliphatic rings. The third-order valence-electron chi connectivity index (χ3n) is 3.88. The Bertz CT molecular complexity index is 972. The van der Waals surface area contributed by atoms with E-state index in [-0.39, 0.29) is 17.9 Å². The van der Waals surface area contributed by atoms with Crippen molar-refractivity contribution in [3.63, 3.8) is 0 Å². The van der Waals surface area contributed by atoms with E-state index in [9.17, 15) is 4.39 Å². The molecule has 6 nitrogen and oxygen atoms in total. The molecular formula is C17H14ClFN4O2. The van der Waals surface area contributed by atoms with Crippen LogP contribution < -0.4 is 11.1 Å². The Morgan fingerprint density at radius 1 is 1.24 bits per heavy atom. The van der Waals surface area contributed by atoms with Crippen molar-refractivity contribution in [2.24, 2.45) is 10.7 Å². The van der Waals surface area contributed by atoms with Crippen LogP contribution in [-0.4, -0.2) is 17.6 Å². The Hall–Kier alpha value is -2.80. The summed E-state index contributed by atoms with van der Waals surface area (Å²) in [6, 6.07) is 9.82. The van der Waals surface area contributed by atoms with Crippen molar-refractivity contribution in [3.8, 4) is 0 Å². The van der Waals surface area contributed by atoms with E-state index in [4.69, 9.17) is 26.5 Å². The maximum atomic E-state index is 14.2. The van der Waals surface area contributed by atoms with Crippen molar-refractivity contribution in [1.82, 2.24) is 4.98 Å². The molecule has 1 atom stereocenters. The van der Waals surface area contributed by atoms with Crippen molar-refractivity contribution in [2.45, 2.75) is 12.5 Å². The van der Waals surface area contributed by atoms with Crippen LogP contribution in [0, 0.1) is 5.82 Å². The van der Waals surface area contributed by atoms with Gasteiger partial charge in [-0.05, 0) is 36.4 Å². The largest absolute Gasteiger partial charge is 0.465 e. The Balaban J connectivity index is 1.64. The maximum absolute atomic E-state index is 14.2. The monoisotopic (exact) mass is 360 g/mol. The number of anilines is 2. The number of hydrogen-bond acceptors (Lipinski definition) is 6. The number of ether oxygens (including phenoxy) is 1. The van der Waals surface area contributed by atoms with Gasteiger partial charge >= 0.3 is 0 Å². The van der Waals surface area contributed by atoms with Crippen molar-refractivity contribution in [2.75, 3.05) is 11.9 Å². The lowest BCUT2D eigenvalue weighted by molar-refractivity contribution is 0.255. The molecule has 1 aliphatic heterocycles. The molecule has 0 saturated carbocycles. The van der Waals surface area contributed by atoms with E-state index in [0.29, 0.717) is 46.4 Å². The molecule has 1 unspecified atom stereocenters. The number of aromatic nitrogens is 1. The second-order valence-corrected chi connectivity index (χ2v) is 6.05. The molecule has 0 saturated heterocycles. The zero-order valence-corrected chi connectivity index (χ0v) is 13.8. The van der Waals surface area contributed by atoms with Gasteiger partial charge in [0.1, 0.15) is 11.3 Å². The van der Waals surface area contributed by atoms with Gasteiger partial charge in [-0.25, -0.2) is 9.38 Å². The van der Waals surface area contributed by atoms with Crippen LogP contribution in [0.3, 0.4) is 0 Å². The molecule has 0 spiro atoms. The number of aliphatic imine (C=N–C) groups is 1. The minimum absolute atomic E-state index is 0.0739. The molecule has 8 heteroatoms. The third kappa shape index (κ3) is 3.23. The number of halogens is 2.